The summed E-state index contributed by atoms with van der Waals surface area (Å²) in [6, 6.07) is 19.6. The lowest BCUT2D eigenvalue weighted by Crippen LogP contribution is -2.32. The van der Waals surface area contributed by atoms with E-state index in [0.29, 0.717) is 33.3 Å². The van der Waals surface area contributed by atoms with E-state index in [1.54, 1.807) is 53.9 Å². The highest BCUT2D eigenvalue weighted by atomic mass is 35.5. The highest BCUT2D eigenvalue weighted by Crippen LogP contribution is 2.31. The van der Waals surface area contributed by atoms with Crippen molar-refractivity contribution in [3.8, 4) is 11.3 Å². The van der Waals surface area contributed by atoms with E-state index in [4.69, 9.17) is 16.8 Å². The number of nitrogens with zero attached hydrogens (tertiary/aromatic N) is 3. The Labute approximate surface area is 237 Å². The number of hydrogen-bond donors (Lipinski definition) is 3. The molecular weight excluding hydrogens is 554 g/mol. The average molecular weight is 575 g/mol. The van der Waals surface area contributed by atoms with Gasteiger partial charge in [-0.1, -0.05) is 42.8 Å². The molecule has 0 fully saturated rings. The minimum atomic E-state index is -0.617. The summed E-state index contributed by atoms with van der Waals surface area (Å²) in [5.74, 6) is -1.58. The third kappa shape index (κ3) is 5.44. The SMILES string of the molecule is CCc1ccc(N2C(=O)C(Cl)=C(Nc3ccc(C(=O)Nc4nc(-c5ccc(N([O-])O)cc5)cs4)cc3)C2=O)cc1. The Balaban J connectivity index is 1.23. The molecule has 4 aromatic rings. The molecule has 5 rings (SSSR count). The molecule has 202 valence electrons. The number of nitrogens with one attached hydrogen (secondary N) is 2. The van der Waals surface area contributed by atoms with E-state index < -0.39 is 17.7 Å². The first kappa shape index (κ1) is 27.0. The van der Waals surface area contributed by atoms with Gasteiger partial charge in [0.15, 0.2) is 5.13 Å². The van der Waals surface area contributed by atoms with Crippen LogP contribution in [0.2, 0.25) is 0 Å². The zero-order valence-electron chi connectivity index (χ0n) is 20.9. The zero-order valence-corrected chi connectivity index (χ0v) is 22.5. The number of carbonyl (C=O) groups excluding carboxylic acids is 3. The predicted molar refractivity (Wildman–Crippen MR) is 154 cm³/mol. The average Bonchev–Trinajstić information content (AvgIpc) is 3.52. The van der Waals surface area contributed by atoms with Crippen molar-refractivity contribution in [1.29, 1.82) is 0 Å². The van der Waals surface area contributed by atoms with Gasteiger partial charge in [-0.2, -0.15) is 0 Å². The Bertz CT molecular complexity index is 1620. The van der Waals surface area contributed by atoms with Crippen LogP contribution in [-0.2, 0) is 16.0 Å². The monoisotopic (exact) mass is 574 g/mol. The molecule has 1 aliphatic heterocycles. The minimum Gasteiger partial charge on any atom is -0.733 e. The van der Waals surface area contributed by atoms with E-state index in [9.17, 15) is 19.6 Å². The van der Waals surface area contributed by atoms with Gasteiger partial charge >= 0.3 is 0 Å². The van der Waals surface area contributed by atoms with Crippen molar-refractivity contribution in [2.45, 2.75) is 13.3 Å². The minimum absolute atomic E-state index is 0.0475. The fourth-order valence-corrected chi connectivity index (χ4v) is 4.90. The Morgan fingerprint density at radius 2 is 1.70 bits per heavy atom. The number of aryl methyl sites for hydroxylation is 1. The maximum atomic E-state index is 13.0. The van der Waals surface area contributed by atoms with Gasteiger partial charge in [0.05, 0.1) is 17.1 Å². The van der Waals surface area contributed by atoms with E-state index in [1.807, 2.05) is 19.1 Å². The lowest BCUT2D eigenvalue weighted by Gasteiger charge is -2.21. The molecule has 0 spiro atoms. The first-order chi connectivity index (χ1) is 19.2. The molecule has 1 aliphatic rings. The molecule has 12 heteroatoms. The lowest BCUT2D eigenvalue weighted by molar-refractivity contribution is -0.120. The number of rotatable bonds is 8. The molecule has 0 radical (unpaired) electrons. The smallest absolute Gasteiger partial charge is 0.283 e. The second-order valence-corrected chi connectivity index (χ2v) is 9.90. The van der Waals surface area contributed by atoms with Crippen molar-refractivity contribution >= 4 is 62.9 Å². The fraction of sp³-hybridized carbons (Fsp3) is 0.0714. The van der Waals surface area contributed by atoms with Crippen LogP contribution >= 0.6 is 22.9 Å². The summed E-state index contributed by atoms with van der Waals surface area (Å²) < 4.78 is 0. The molecule has 10 nitrogen and oxygen atoms in total. The molecule has 3 N–H and O–H groups in total. The zero-order chi connectivity index (χ0) is 28.4. The van der Waals surface area contributed by atoms with Gasteiger partial charge in [0.2, 0.25) is 0 Å². The molecule has 0 saturated heterocycles. The van der Waals surface area contributed by atoms with Crippen molar-refractivity contribution in [2.75, 3.05) is 20.8 Å². The maximum absolute atomic E-state index is 13.0. The Kier molecular flexibility index (Phi) is 7.63. The number of halogens is 1. The van der Waals surface area contributed by atoms with E-state index in [-0.39, 0.29) is 21.6 Å². The summed E-state index contributed by atoms with van der Waals surface area (Å²) in [7, 11) is 0. The van der Waals surface area contributed by atoms with Crippen LogP contribution in [0.15, 0.2) is 88.9 Å². The highest BCUT2D eigenvalue weighted by molar-refractivity contribution is 7.14. The molecule has 2 heterocycles. The molecule has 0 saturated carbocycles. The second-order valence-electron chi connectivity index (χ2n) is 8.67. The third-order valence-corrected chi connectivity index (χ3v) is 7.26. The highest BCUT2D eigenvalue weighted by Gasteiger charge is 2.38. The predicted octanol–water partition coefficient (Wildman–Crippen LogP) is 5.75. The first-order valence-electron chi connectivity index (χ1n) is 12.0. The van der Waals surface area contributed by atoms with E-state index in [0.717, 1.165) is 16.9 Å². The normalized spacial score (nSPS) is 13.2. The summed E-state index contributed by atoms with van der Waals surface area (Å²) in [5, 5.41) is 27.2. The van der Waals surface area contributed by atoms with Crippen LogP contribution in [0.3, 0.4) is 0 Å². The Morgan fingerprint density at radius 3 is 2.33 bits per heavy atom. The van der Waals surface area contributed by atoms with Gasteiger partial charge in [0, 0.05) is 22.2 Å². The topological polar surface area (TPSA) is 138 Å². The van der Waals surface area contributed by atoms with Crippen LogP contribution in [0.25, 0.3) is 11.3 Å². The number of aromatic nitrogens is 1. The van der Waals surface area contributed by atoms with Gasteiger partial charge in [-0.15, -0.1) is 11.3 Å². The molecule has 3 aromatic carbocycles. The first-order valence-corrected chi connectivity index (χ1v) is 13.3. The number of imide groups is 1. The largest absolute Gasteiger partial charge is 0.733 e. The van der Waals surface area contributed by atoms with Crippen LogP contribution in [0.1, 0.15) is 22.8 Å². The lowest BCUT2D eigenvalue weighted by atomic mass is 10.1. The van der Waals surface area contributed by atoms with Crippen molar-refractivity contribution in [1.82, 2.24) is 4.98 Å². The molecule has 0 aliphatic carbocycles. The Morgan fingerprint density at radius 1 is 1.02 bits per heavy atom. The number of benzene rings is 3. The number of carbonyl (C=O) groups is 3. The van der Waals surface area contributed by atoms with Crippen LogP contribution < -0.4 is 20.8 Å². The third-order valence-electron chi connectivity index (χ3n) is 6.16. The molecule has 0 atom stereocenters. The van der Waals surface area contributed by atoms with Gasteiger partial charge in [-0.3, -0.25) is 24.9 Å². The van der Waals surface area contributed by atoms with Gasteiger partial charge in [0.25, 0.3) is 17.7 Å². The summed E-state index contributed by atoms with van der Waals surface area (Å²) in [6.07, 6.45) is 0.830. The standard InChI is InChI=1S/C28H21ClN5O5S/c1-2-16-3-11-20(12-4-16)33-26(36)23(29)24(27(33)37)30-19-9-5-18(6-10-19)25(35)32-28-31-22(15-40-28)17-7-13-21(14-8-17)34(38)39/h3-15,30,38H,2H2,1H3,(H,31,32,35)/q-1. The maximum Gasteiger partial charge on any atom is 0.283 e. The number of hydrogen-bond acceptors (Lipinski definition) is 9. The number of anilines is 4. The molecule has 1 aromatic heterocycles. The second kappa shape index (κ2) is 11.3. The summed E-state index contributed by atoms with van der Waals surface area (Å²) >= 11 is 7.46. The van der Waals surface area contributed by atoms with Gasteiger partial charge in [-0.05, 0) is 60.5 Å². The number of thiazole rings is 1. The van der Waals surface area contributed by atoms with Crippen molar-refractivity contribution in [3.05, 3.63) is 105 Å². The van der Waals surface area contributed by atoms with Crippen LogP contribution in [0.4, 0.5) is 22.2 Å². The summed E-state index contributed by atoms with van der Waals surface area (Å²) in [4.78, 5) is 43.9. The van der Waals surface area contributed by atoms with Gasteiger partial charge in [0.1, 0.15) is 10.7 Å². The van der Waals surface area contributed by atoms with E-state index in [1.165, 1.54) is 23.5 Å². The van der Waals surface area contributed by atoms with Gasteiger partial charge in [-0.25, -0.2) is 9.88 Å². The molecular formula is C28H21ClN5O5S-. The van der Waals surface area contributed by atoms with Crippen molar-refractivity contribution in [3.63, 3.8) is 0 Å². The summed E-state index contributed by atoms with van der Waals surface area (Å²) in [6.45, 7) is 2.01. The quantitative estimate of drug-likeness (QED) is 0.178. The fourth-order valence-electron chi connectivity index (χ4n) is 3.97. The van der Waals surface area contributed by atoms with E-state index >= 15 is 0 Å². The molecule has 40 heavy (non-hydrogen) atoms. The van der Waals surface area contributed by atoms with Crippen molar-refractivity contribution < 1.29 is 19.6 Å². The molecule has 0 bridgehead atoms. The van der Waals surface area contributed by atoms with Crippen molar-refractivity contribution in [2.24, 2.45) is 0 Å². The molecule has 3 amide bonds. The summed E-state index contributed by atoms with van der Waals surface area (Å²) in [5.41, 5.74) is 3.66. The van der Waals surface area contributed by atoms with E-state index in [2.05, 4.69) is 15.6 Å². The molecule has 0 unspecified atom stereocenters. The van der Waals surface area contributed by atoms with Crippen LogP contribution in [0.5, 0.6) is 0 Å². The Hall–Kier alpha value is -4.55. The van der Waals surface area contributed by atoms with Crippen LogP contribution in [0, 0.1) is 5.21 Å². The number of amides is 3. The van der Waals surface area contributed by atoms with Crippen LogP contribution in [-0.4, -0.2) is 27.9 Å². The van der Waals surface area contributed by atoms with Gasteiger partial charge < -0.3 is 15.8 Å².